The minimum atomic E-state index is -4.62. The van der Waals surface area contributed by atoms with Crippen molar-refractivity contribution in [2.45, 2.75) is 19.2 Å². The standard InChI is InChI=1S/C20H17ClF3N3O2/c1-12(28)11-25-19(29)14-8-6-13(7-9-14)17-10-18(20(22,23)24)26-27(17)16-5-3-2-4-15(16)21/h2-10,12,28H,11H2,1H3,(H,25,29). The number of aromatic nitrogens is 2. The highest BCUT2D eigenvalue weighted by Gasteiger charge is 2.35. The summed E-state index contributed by atoms with van der Waals surface area (Å²) in [6.45, 7) is 1.63. The molecule has 1 unspecified atom stereocenters. The van der Waals surface area contributed by atoms with E-state index in [0.29, 0.717) is 16.8 Å². The molecular weight excluding hydrogens is 407 g/mol. The third-order valence-electron chi connectivity index (χ3n) is 4.08. The van der Waals surface area contributed by atoms with Crippen LogP contribution in [0.5, 0.6) is 0 Å². The zero-order chi connectivity index (χ0) is 21.2. The van der Waals surface area contributed by atoms with Crippen molar-refractivity contribution in [2.75, 3.05) is 6.54 Å². The van der Waals surface area contributed by atoms with E-state index in [1.807, 2.05) is 0 Å². The zero-order valence-corrected chi connectivity index (χ0v) is 16.0. The van der Waals surface area contributed by atoms with Gasteiger partial charge in [-0.05, 0) is 37.3 Å². The molecule has 1 amide bonds. The molecule has 3 rings (SSSR count). The number of aliphatic hydroxyl groups is 1. The summed E-state index contributed by atoms with van der Waals surface area (Å²) in [4.78, 5) is 12.1. The number of nitrogens with one attached hydrogen (secondary N) is 1. The Labute approximate surface area is 169 Å². The van der Waals surface area contributed by atoms with Gasteiger partial charge in [-0.1, -0.05) is 35.9 Å². The number of aliphatic hydroxyl groups excluding tert-OH is 1. The smallest absolute Gasteiger partial charge is 0.392 e. The quantitative estimate of drug-likeness (QED) is 0.642. The second-order valence-corrected chi connectivity index (χ2v) is 6.82. The molecule has 152 valence electrons. The third-order valence-corrected chi connectivity index (χ3v) is 4.40. The van der Waals surface area contributed by atoms with Crippen LogP contribution in [0.4, 0.5) is 13.2 Å². The van der Waals surface area contributed by atoms with Crippen molar-refractivity contribution in [1.82, 2.24) is 15.1 Å². The molecule has 1 heterocycles. The van der Waals surface area contributed by atoms with Gasteiger partial charge in [0.15, 0.2) is 5.69 Å². The second kappa shape index (κ2) is 8.26. The summed E-state index contributed by atoms with van der Waals surface area (Å²) < 4.78 is 40.9. The largest absolute Gasteiger partial charge is 0.435 e. The lowest BCUT2D eigenvalue weighted by atomic mass is 10.1. The Morgan fingerprint density at radius 1 is 1.21 bits per heavy atom. The van der Waals surface area contributed by atoms with Crippen LogP contribution in [0.2, 0.25) is 5.02 Å². The first-order valence-corrected chi connectivity index (χ1v) is 9.03. The zero-order valence-electron chi connectivity index (χ0n) is 15.2. The van der Waals surface area contributed by atoms with Crippen LogP contribution in [0.3, 0.4) is 0 Å². The number of halogens is 4. The molecule has 2 N–H and O–H groups in total. The van der Waals surface area contributed by atoms with Gasteiger partial charge in [-0.25, -0.2) is 4.68 Å². The minimum Gasteiger partial charge on any atom is -0.392 e. The van der Waals surface area contributed by atoms with E-state index in [1.54, 1.807) is 24.3 Å². The van der Waals surface area contributed by atoms with Crippen molar-refractivity contribution in [3.63, 3.8) is 0 Å². The molecular formula is C20H17ClF3N3O2. The second-order valence-electron chi connectivity index (χ2n) is 6.41. The predicted molar refractivity (Wildman–Crippen MR) is 103 cm³/mol. The van der Waals surface area contributed by atoms with Gasteiger partial charge >= 0.3 is 6.18 Å². The first kappa shape index (κ1) is 20.9. The number of nitrogens with zero attached hydrogens (tertiary/aromatic N) is 2. The van der Waals surface area contributed by atoms with Crippen molar-refractivity contribution in [3.8, 4) is 16.9 Å². The van der Waals surface area contributed by atoms with Crippen molar-refractivity contribution < 1.29 is 23.1 Å². The number of carbonyl (C=O) groups excluding carboxylic acids is 1. The van der Waals surface area contributed by atoms with Gasteiger partial charge in [0.25, 0.3) is 5.91 Å². The number of hydrogen-bond acceptors (Lipinski definition) is 3. The van der Waals surface area contributed by atoms with E-state index in [0.717, 1.165) is 10.7 Å². The van der Waals surface area contributed by atoms with Gasteiger partial charge in [-0.3, -0.25) is 4.79 Å². The Kier molecular flexibility index (Phi) is 5.95. The molecule has 0 fully saturated rings. The Morgan fingerprint density at radius 3 is 2.45 bits per heavy atom. The first-order chi connectivity index (χ1) is 13.7. The van der Waals surface area contributed by atoms with Gasteiger partial charge in [0.1, 0.15) is 0 Å². The fourth-order valence-corrected chi connectivity index (χ4v) is 2.88. The molecule has 9 heteroatoms. The number of benzene rings is 2. The average Bonchev–Trinajstić information content (AvgIpc) is 3.12. The van der Waals surface area contributed by atoms with Crippen molar-refractivity contribution in [3.05, 3.63) is 70.9 Å². The van der Waals surface area contributed by atoms with Gasteiger partial charge in [0.05, 0.1) is 22.5 Å². The summed E-state index contributed by atoms with van der Waals surface area (Å²) in [5, 5.41) is 15.7. The van der Waals surface area contributed by atoms with Gasteiger partial charge in [0.2, 0.25) is 0 Å². The molecule has 0 saturated heterocycles. The van der Waals surface area contributed by atoms with Gasteiger partial charge < -0.3 is 10.4 Å². The van der Waals surface area contributed by atoms with E-state index in [1.165, 1.54) is 31.2 Å². The number of amides is 1. The van der Waals surface area contributed by atoms with E-state index < -0.39 is 23.9 Å². The summed E-state index contributed by atoms with van der Waals surface area (Å²) in [5.41, 5.74) is 0.181. The summed E-state index contributed by atoms with van der Waals surface area (Å²) >= 11 is 6.15. The van der Waals surface area contributed by atoms with Gasteiger partial charge in [0, 0.05) is 17.7 Å². The molecule has 0 aliphatic carbocycles. The Balaban J connectivity index is 2.01. The van der Waals surface area contributed by atoms with E-state index in [-0.39, 0.29) is 17.3 Å². The molecule has 5 nitrogen and oxygen atoms in total. The maximum Gasteiger partial charge on any atom is 0.435 e. The van der Waals surface area contributed by atoms with E-state index in [4.69, 9.17) is 11.6 Å². The maximum atomic E-state index is 13.3. The molecule has 0 saturated carbocycles. The minimum absolute atomic E-state index is 0.0921. The number of para-hydroxylation sites is 1. The lowest BCUT2D eigenvalue weighted by molar-refractivity contribution is -0.141. The first-order valence-electron chi connectivity index (χ1n) is 8.65. The molecule has 0 aliphatic rings. The SMILES string of the molecule is CC(O)CNC(=O)c1ccc(-c2cc(C(F)(F)F)nn2-c2ccccc2Cl)cc1. The number of hydrogen-bond donors (Lipinski definition) is 2. The van der Waals surface area contributed by atoms with E-state index in [9.17, 15) is 23.1 Å². The van der Waals surface area contributed by atoms with Crippen LogP contribution in [0, 0.1) is 0 Å². The van der Waals surface area contributed by atoms with Gasteiger partial charge in [-0.2, -0.15) is 18.3 Å². The summed E-state index contributed by atoms with van der Waals surface area (Å²) in [6.07, 6.45) is -5.31. The topological polar surface area (TPSA) is 67.2 Å². The van der Waals surface area contributed by atoms with Crippen molar-refractivity contribution in [1.29, 1.82) is 0 Å². The summed E-state index contributed by atoms with van der Waals surface area (Å²) in [6, 6.07) is 13.4. The molecule has 0 aliphatic heterocycles. The van der Waals surface area contributed by atoms with Crippen LogP contribution in [-0.4, -0.2) is 33.4 Å². The number of rotatable bonds is 5. The molecule has 3 aromatic rings. The van der Waals surface area contributed by atoms with E-state index >= 15 is 0 Å². The highest BCUT2D eigenvalue weighted by molar-refractivity contribution is 6.32. The van der Waals surface area contributed by atoms with Crippen LogP contribution >= 0.6 is 11.6 Å². The van der Waals surface area contributed by atoms with Crippen LogP contribution in [0.25, 0.3) is 16.9 Å². The number of alkyl halides is 3. The van der Waals surface area contributed by atoms with E-state index in [2.05, 4.69) is 10.4 Å². The number of carbonyl (C=O) groups is 1. The van der Waals surface area contributed by atoms with Crippen molar-refractivity contribution >= 4 is 17.5 Å². The highest BCUT2D eigenvalue weighted by Crippen LogP contribution is 2.34. The Morgan fingerprint density at radius 2 is 1.86 bits per heavy atom. The molecule has 2 aromatic carbocycles. The van der Waals surface area contributed by atoms with Crippen molar-refractivity contribution in [2.24, 2.45) is 0 Å². The fraction of sp³-hybridized carbons (Fsp3) is 0.200. The molecule has 1 atom stereocenters. The average molecular weight is 424 g/mol. The fourth-order valence-electron chi connectivity index (χ4n) is 2.67. The molecule has 0 spiro atoms. The summed E-state index contributed by atoms with van der Waals surface area (Å²) in [5.74, 6) is -0.395. The highest BCUT2D eigenvalue weighted by atomic mass is 35.5. The lowest BCUT2D eigenvalue weighted by Crippen LogP contribution is -2.30. The monoisotopic (exact) mass is 423 g/mol. The Hall–Kier alpha value is -2.84. The molecule has 0 bridgehead atoms. The maximum absolute atomic E-state index is 13.3. The predicted octanol–water partition coefficient (Wildman–Crippen LogP) is 4.32. The molecule has 1 aromatic heterocycles. The molecule has 29 heavy (non-hydrogen) atoms. The third kappa shape index (κ3) is 4.78. The Bertz CT molecular complexity index is 1010. The van der Waals surface area contributed by atoms with Crippen LogP contribution in [-0.2, 0) is 6.18 Å². The van der Waals surface area contributed by atoms with Crippen LogP contribution < -0.4 is 5.32 Å². The van der Waals surface area contributed by atoms with Crippen LogP contribution in [0.1, 0.15) is 23.0 Å². The lowest BCUT2D eigenvalue weighted by Gasteiger charge is -2.10. The normalized spacial score (nSPS) is 12.6. The van der Waals surface area contributed by atoms with Crippen LogP contribution in [0.15, 0.2) is 54.6 Å². The molecule has 0 radical (unpaired) electrons. The summed E-state index contributed by atoms with van der Waals surface area (Å²) in [7, 11) is 0. The van der Waals surface area contributed by atoms with Gasteiger partial charge in [-0.15, -0.1) is 0 Å².